The number of benzene rings is 3. The minimum atomic E-state index is -1.12. The zero-order valence-corrected chi connectivity index (χ0v) is 21.9. The van der Waals surface area contributed by atoms with Crippen LogP contribution >= 0.6 is 0 Å². The Labute approximate surface area is 221 Å². The number of hydrogen-bond donors (Lipinski definition) is 0. The lowest BCUT2D eigenvalue weighted by Gasteiger charge is -2.29. The first-order valence-electron chi connectivity index (χ1n) is 13.3. The summed E-state index contributed by atoms with van der Waals surface area (Å²) in [5.74, 6) is -4.31. The Balaban J connectivity index is 1.39. The third-order valence-corrected chi connectivity index (χ3v) is 7.05. The van der Waals surface area contributed by atoms with Gasteiger partial charge in [0.05, 0.1) is 12.7 Å². The first kappa shape index (κ1) is 28.0. The van der Waals surface area contributed by atoms with Crippen molar-refractivity contribution in [1.29, 1.82) is 0 Å². The van der Waals surface area contributed by atoms with E-state index in [4.69, 9.17) is 14.2 Å². The Morgan fingerprint density at radius 2 is 1.37 bits per heavy atom. The molecule has 0 unspecified atom stereocenters. The number of halogens is 4. The molecule has 0 N–H and O–H groups in total. The molecule has 0 heterocycles. The fraction of sp³-hybridized carbons (Fsp3) is 0.419. The van der Waals surface area contributed by atoms with Crippen molar-refractivity contribution in [2.24, 2.45) is 0 Å². The Hall–Kier alpha value is -3.06. The van der Waals surface area contributed by atoms with Crippen molar-refractivity contribution in [3.63, 3.8) is 0 Å². The molecule has 0 bridgehead atoms. The van der Waals surface area contributed by atoms with Gasteiger partial charge in [0.15, 0.2) is 23.1 Å². The topological polar surface area (TPSA) is 27.7 Å². The highest BCUT2D eigenvalue weighted by Gasteiger charge is 2.27. The van der Waals surface area contributed by atoms with Crippen LogP contribution in [-0.4, -0.2) is 19.3 Å². The molecule has 4 rings (SSSR count). The van der Waals surface area contributed by atoms with Gasteiger partial charge in [-0.1, -0.05) is 49.7 Å². The first-order chi connectivity index (χ1) is 18.4. The number of ether oxygens (including phenoxy) is 3. The predicted molar refractivity (Wildman–Crippen MR) is 140 cm³/mol. The third kappa shape index (κ3) is 6.49. The molecule has 38 heavy (non-hydrogen) atoms. The monoisotopic (exact) mass is 530 g/mol. The summed E-state index contributed by atoms with van der Waals surface area (Å²) in [5.41, 5.74) is 1.78. The zero-order valence-electron chi connectivity index (χ0n) is 21.9. The minimum absolute atomic E-state index is 0.0167. The molecule has 0 radical (unpaired) electrons. The number of unbranched alkanes of at least 4 members (excludes halogenated alkanes) is 1. The van der Waals surface area contributed by atoms with E-state index < -0.39 is 23.3 Å². The molecule has 3 aromatic carbocycles. The van der Waals surface area contributed by atoms with Gasteiger partial charge in [-0.3, -0.25) is 0 Å². The molecule has 0 atom stereocenters. The van der Waals surface area contributed by atoms with Crippen molar-refractivity contribution in [3.05, 3.63) is 82.9 Å². The maximum atomic E-state index is 15.1. The molecule has 0 aromatic heterocycles. The van der Waals surface area contributed by atoms with E-state index in [0.29, 0.717) is 16.7 Å². The lowest BCUT2D eigenvalue weighted by atomic mass is 9.82. The highest BCUT2D eigenvalue weighted by molar-refractivity contribution is 5.65. The maximum Gasteiger partial charge on any atom is 0.204 e. The van der Waals surface area contributed by atoms with E-state index in [1.54, 1.807) is 43.3 Å². The summed E-state index contributed by atoms with van der Waals surface area (Å²) < 4.78 is 74.9. The Morgan fingerprint density at radius 1 is 0.711 bits per heavy atom. The van der Waals surface area contributed by atoms with Gasteiger partial charge in [0.2, 0.25) is 11.6 Å². The van der Waals surface area contributed by atoms with Crippen LogP contribution in [0.25, 0.3) is 11.1 Å². The summed E-state index contributed by atoms with van der Waals surface area (Å²) in [6.07, 6.45) is 5.60. The Morgan fingerprint density at radius 3 is 2.00 bits per heavy atom. The first-order valence-corrected chi connectivity index (χ1v) is 13.3. The van der Waals surface area contributed by atoms with Gasteiger partial charge in [-0.15, -0.1) is 0 Å². The molecule has 1 fully saturated rings. The summed E-state index contributed by atoms with van der Waals surface area (Å²) in [7, 11) is 0. The van der Waals surface area contributed by atoms with Crippen LogP contribution in [-0.2, 0) is 11.3 Å². The molecule has 1 saturated carbocycles. The molecule has 204 valence electrons. The lowest BCUT2D eigenvalue weighted by Crippen LogP contribution is -2.22. The van der Waals surface area contributed by atoms with Gasteiger partial charge >= 0.3 is 0 Å². The third-order valence-electron chi connectivity index (χ3n) is 7.05. The number of rotatable bonds is 11. The van der Waals surface area contributed by atoms with E-state index in [1.165, 1.54) is 12.1 Å². The van der Waals surface area contributed by atoms with Crippen molar-refractivity contribution in [3.8, 4) is 22.6 Å². The highest BCUT2D eigenvalue weighted by Crippen LogP contribution is 2.38. The van der Waals surface area contributed by atoms with Gasteiger partial charge in [0, 0.05) is 12.2 Å². The second-order valence-electron chi connectivity index (χ2n) is 9.64. The van der Waals surface area contributed by atoms with Crippen LogP contribution in [0.1, 0.15) is 69.4 Å². The molecule has 3 nitrogen and oxygen atoms in total. The zero-order chi connectivity index (χ0) is 27.1. The lowest BCUT2D eigenvalue weighted by molar-refractivity contribution is 0.0230. The summed E-state index contributed by atoms with van der Waals surface area (Å²) in [6.45, 7) is 4.75. The second-order valence-corrected chi connectivity index (χ2v) is 9.64. The fourth-order valence-corrected chi connectivity index (χ4v) is 4.87. The van der Waals surface area contributed by atoms with Crippen LogP contribution in [0.15, 0.2) is 48.5 Å². The van der Waals surface area contributed by atoms with Gasteiger partial charge in [0.25, 0.3) is 0 Å². The van der Waals surface area contributed by atoms with Crippen molar-refractivity contribution in [2.45, 2.75) is 71.0 Å². The highest BCUT2D eigenvalue weighted by atomic mass is 19.2. The van der Waals surface area contributed by atoms with E-state index in [0.717, 1.165) is 45.1 Å². The fourth-order valence-electron chi connectivity index (χ4n) is 4.87. The molecule has 0 aliphatic heterocycles. The van der Waals surface area contributed by atoms with Gasteiger partial charge < -0.3 is 14.2 Å². The average molecular weight is 531 g/mol. The number of hydrogen-bond acceptors (Lipinski definition) is 3. The predicted octanol–water partition coefficient (Wildman–Crippen LogP) is 8.73. The molecule has 0 spiro atoms. The van der Waals surface area contributed by atoms with E-state index in [-0.39, 0.29) is 42.3 Å². The van der Waals surface area contributed by atoms with Crippen molar-refractivity contribution in [2.75, 3.05) is 13.2 Å². The SMILES string of the molecule is CCCCOC1CCC(c2ccc(-c3ccc(COc4ccc(OCC)c(F)c4F)cc3)c(F)c2F)CC1. The van der Waals surface area contributed by atoms with Gasteiger partial charge in [-0.25, -0.2) is 8.78 Å². The Kier molecular flexibility index (Phi) is 9.67. The van der Waals surface area contributed by atoms with E-state index in [9.17, 15) is 8.78 Å². The molecule has 1 aliphatic carbocycles. The van der Waals surface area contributed by atoms with Crippen LogP contribution < -0.4 is 9.47 Å². The van der Waals surface area contributed by atoms with E-state index in [2.05, 4.69) is 6.92 Å². The molecule has 0 amide bonds. The van der Waals surface area contributed by atoms with Crippen LogP contribution in [0, 0.1) is 23.3 Å². The van der Waals surface area contributed by atoms with Gasteiger partial charge in [0.1, 0.15) is 6.61 Å². The maximum absolute atomic E-state index is 15.1. The molecule has 3 aromatic rings. The summed E-state index contributed by atoms with van der Waals surface area (Å²) in [4.78, 5) is 0. The van der Waals surface area contributed by atoms with Crippen LogP contribution in [0.5, 0.6) is 11.5 Å². The minimum Gasteiger partial charge on any atom is -0.491 e. The normalized spacial score (nSPS) is 17.4. The molecule has 1 aliphatic rings. The van der Waals surface area contributed by atoms with Gasteiger partial charge in [-0.05, 0) is 73.8 Å². The molecular formula is C31H34F4O3. The van der Waals surface area contributed by atoms with Crippen LogP contribution in [0.4, 0.5) is 17.6 Å². The van der Waals surface area contributed by atoms with E-state index in [1.807, 2.05) is 0 Å². The molecule has 0 saturated heterocycles. The molecular weight excluding hydrogens is 496 g/mol. The smallest absolute Gasteiger partial charge is 0.204 e. The van der Waals surface area contributed by atoms with Crippen LogP contribution in [0.3, 0.4) is 0 Å². The summed E-state index contributed by atoms with van der Waals surface area (Å²) in [5, 5.41) is 0. The standard InChI is InChI=1S/C31H34F4O3/c1-3-5-18-37-23-12-10-22(11-13-23)25-15-14-24(28(32)29(25)33)21-8-6-20(7-9-21)19-38-27-17-16-26(36-4-2)30(34)31(27)35/h6-9,14-17,22-23H,3-5,10-13,18-19H2,1-2H3. The van der Waals surface area contributed by atoms with Crippen LogP contribution in [0.2, 0.25) is 0 Å². The van der Waals surface area contributed by atoms with Gasteiger partial charge in [-0.2, -0.15) is 8.78 Å². The molecule has 7 heteroatoms. The van der Waals surface area contributed by atoms with E-state index >= 15 is 8.78 Å². The Bertz CT molecular complexity index is 1200. The summed E-state index contributed by atoms with van der Waals surface area (Å²) in [6, 6.07) is 12.6. The van der Waals surface area contributed by atoms with Crippen molar-refractivity contribution < 1.29 is 31.8 Å². The van der Waals surface area contributed by atoms with Crippen molar-refractivity contribution in [1.82, 2.24) is 0 Å². The second kappa shape index (κ2) is 13.1. The summed E-state index contributed by atoms with van der Waals surface area (Å²) >= 11 is 0. The average Bonchev–Trinajstić information content (AvgIpc) is 2.93. The quantitative estimate of drug-likeness (QED) is 0.183. The van der Waals surface area contributed by atoms with Crippen molar-refractivity contribution >= 4 is 0 Å². The largest absolute Gasteiger partial charge is 0.491 e.